The van der Waals surface area contributed by atoms with E-state index in [4.69, 9.17) is 10.5 Å². The number of aromatic nitrogens is 3. The van der Waals surface area contributed by atoms with E-state index < -0.39 is 6.09 Å². The van der Waals surface area contributed by atoms with Crippen LogP contribution in [0.15, 0.2) is 67.0 Å². The van der Waals surface area contributed by atoms with Gasteiger partial charge >= 0.3 is 6.09 Å². The summed E-state index contributed by atoms with van der Waals surface area (Å²) in [4.78, 5) is 27.8. The number of fused-ring (bicyclic) bond motifs is 1. The molecule has 0 aliphatic rings. The molecule has 2 amide bonds. The van der Waals surface area contributed by atoms with Crippen LogP contribution < -0.4 is 21.1 Å². The maximum absolute atomic E-state index is 12.9. The summed E-state index contributed by atoms with van der Waals surface area (Å²) in [6.45, 7) is 0.392. The van der Waals surface area contributed by atoms with Gasteiger partial charge in [0.1, 0.15) is 0 Å². The number of carbonyl (C=O) groups excluding carboxylic acids is 2. The molecule has 4 aromatic rings. The number of aryl methyl sites for hydroxylation is 1. The molecule has 156 valence electrons. The van der Waals surface area contributed by atoms with Crippen LogP contribution >= 0.6 is 0 Å². The topological polar surface area (TPSA) is 124 Å². The molecule has 0 unspecified atom stereocenters. The quantitative estimate of drug-likeness (QED) is 0.443. The third-order valence-corrected chi connectivity index (χ3v) is 4.67. The molecule has 4 rings (SSSR count). The van der Waals surface area contributed by atoms with Crippen molar-refractivity contribution in [1.82, 2.24) is 14.8 Å². The third kappa shape index (κ3) is 4.61. The predicted octanol–water partition coefficient (Wildman–Crippen LogP) is 3.29. The lowest BCUT2D eigenvalue weighted by atomic mass is 10.1. The van der Waals surface area contributed by atoms with E-state index in [1.807, 2.05) is 37.4 Å². The number of amides is 2. The van der Waals surface area contributed by atoms with Gasteiger partial charge in [-0.05, 0) is 42.0 Å². The molecule has 0 saturated carbocycles. The second-order valence-electron chi connectivity index (χ2n) is 6.82. The first-order valence-electron chi connectivity index (χ1n) is 9.48. The van der Waals surface area contributed by atoms with Gasteiger partial charge in [-0.25, -0.2) is 9.78 Å². The Bertz CT molecular complexity index is 1270. The Balaban J connectivity index is 1.49. The maximum Gasteiger partial charge on any atom is 0.411 e. The van der Waals surface area contributed by atoms with Gasteiger partial charge < -0.3 is 21.1 Å². The molecule has 0 spiro atoms. The zero-order valence-corrected chi connectivity index (χ0v) is 16.7. The first-order chi connectivity index (χ1) is 15.0. The first kappa shape index (κ1) is 19.9. The predicted molar refractivity (Wildman–Crippen MR) is 117 cm³/mol. The Hall–Kier alpha value is -4.40. The highest BCUT2D eigenvalue weighted by Crippen LogP contribution is 2.22. The third-order valence-electron chi connectivity index (χ3n) is 4.67. The van der Waals surface area contributed by atoms with Crippen molar-refractivity contribution in [2.24, 2.45) is 12.8 Å². The van der Waals surface area contributed by atoms with E-state index in [0.717, 1.165) is 16.5 Å². The average Bonchev–Trinajstić information content (AvgIpc) is 3.12. The smallest absolute Gasteiger partial charge is 0.391 e. The molecular weight excluding hydrogens is 396 g/mol. The molecule has 0 saturated heterocycles. The van der Waals surface area contributed by atoms with Crippen molar-refractivity contribution < 1.29 is 14.3 Å². The van der Waals surface area contributed by atoms with Crippen LogP contribution in [0.25, 0.3) is 10.9 Å². The number of nitrogens with two attached hydrogens (primary N) is 1. The molecule has 2 heterocycles. The van der Waals surface area contributed by atoms with Crippen molar-refractivity contribution in [3.8, 4) is 5.88 Å². The lowest BCUT2D eigenvalue weighted by Crippen LogP contribution is -2.17. The standard InChI is InChI=1S/C22H20N6O3/c1-28-19-11-16(7-6-15(19)13-26-28)27-21(29)17-4-2-3-5-18(17)25-12-14-8-9-24-20(10-14)31-22(23)30/h2-11,13,25H,12H2,1H3,(H2,23,30)(H,27,29). The molecule has 9 nitrogen and oxygen atoms in total. The number of hydrogen-bond acceptors (Lipinski definition) is 6. The summed E-state index contributed by atoms with van der Waals surface area (Å²) in [5, 5.41) is 11.4. The van der Waals surface area contributed by atoms with Crippen molar-refractivity contribution in [2.75, 3.05) is 10.6 Å². The molecule has 0 aliphatic heterocycles. The van der Waals surface area contributed by atoms with E-state index in [2.05, 4.69) is 20.7 Å². The highest BCUT2D eigenvalue weighted by Gasteiger charge is 2.12. The van der Waals surface area contributed by atoms with Gasteiger partial charge in [-0.3, -0.25) is 9.48 Å². The van der Waals surface area contributed by atoms with Crippen LogP contribution in [0, 0.1) is 0 Å². The summed E-state index contributed by atoms with van der Waals surface area (Å²) < 4.78 is 6.55. The lowest BCUT2D eigenvalue weighted by Gasteiger charge is -2.13. The van der Waals surface area contributed by atoms with Crippen molar-refractivity contribution in [1.29, 1.82) is 0 Å². The van der Waals surface area contributed by atoms with Gasteiger partial charge in [0.15, 0.2) is 0 Å². The van der Waals surface area contributed by atoms with Crippen molar-refractivity contribution >= 4 is 34.3 Å². The fourth-order valence-corrected chi connectivity index (χ4v) is 3.17. The minimum atomic E-state index is -0.927. The Morgan fingerprint density at radius 3 is 2.81 bits per heavy atom. The number of hydrogen-bond donors (Lipinski definition) is 3. The van der Waals surface area contributed by atoms with Crippen LogP contribution in [0.4, 0.5) is 16.2 Å². The van der Waals surface area contributed by atoms with Crippen molar-refractivity contribution in [3.05, 3.63) is 78.1 Å². The fourth-order valence-electron chi connectivity index (χ4n) is 3.17. The molecule has 0 fully saturated rings. The Morgan fingerprint density at radius 1 is 1.13 bits per heavy atom. The second-order valence-corrected chi connectivity index (χ2v) is 6.82. The zero-order valence-electron chi connectivity index (χ0n) is 16.7. The van der Waals surface area contributed by atoms with Crippen LogP contribution in [-0.4, -0.2) is 26.8 Å². The average molecular weight is 416 g/mol. The Kier molecular flexibility index (Phi) is 5.48. The maximum atomic E-state index is 12.9. The van der Waals surface area contributed by atoms with Crippen LogP contribution in [-0.2, 0) is 13.6 Å². The lowest BCUT2D eigenvalue weighted by molar-refractivity contribution is 0.102. The van der Waals surface area contributed by atoms with Crippen LogP contribution in [0.3, 0.4) is 0 Å². The van der Waals surface area contributed by atoms with E-state index in [1.54, 1.807) is 35.1 Å². The zero-order chi connectivity index (χ0) is 21.8. The van der Waals surface area contributed by atoms with Crippen LogP contribution in [0.2, 0.25) is 0 Å². The number of rotatable bonds is 6. The normalized spacial score (nSPS) is 10.6. The molecular formula is C22H20N6O3. The molecule has 0 bridgehead atoms. The SMILES string of the molecule is Cn1ncc2ccc(NC(=O)c3ccccc3NCc3ccnc(OC(N)=O)c3)cc21. The molecule has 2 aromatic heterocycles. The van der Waals surface area contributed by atoms with Gasteiger partial charge in [-0.2, -0.15) is 5.10 Å². The van der Waals surface area contributed by atoms with E-state index in [9.17, 15) is 9.59 Å². The van der Waals surface area contributed by atoms with Gasteiger partial charge in [0, 0.05) is 42.6 Å². The van der Waals surface area contributed by atoms with Crippen molar-refractivity contribution in [2.45, 2.75) is 6.54 Å². The molecule has 2 aromatic carbocycles. The summed E-state index contributed by atoms with van der Waals surface area (Å²) in [5.41, 5.74) is 8.60. The Labute approximate surface area is 177 Å². The number of benzene rings is 2. The van der Waals surface area contributed by atoms with Crippen molar-refractivity contribution in [3.63, 3.8) is 0 Å². The second kappa shape index (κ2) is 8.54. The van der Waals surface area contributed by atoms with Gasteiger partial charge in [-0.15, -0.1) is 0 Å². The van der Waals surface area contributed by atoms with E-state index >= 15 is 0 Å². The summed E-state index contributed by atoms with van der Waals surface area (Å²) in [7, 11) is 1.85. The fraction of sp³-hybridized carbons (Fsp3) is 0.0909. The number of ether oxygens (including phenoxy) is 1. The molecule has 9 heteroatoms. The number of carbonyl (C=O) groups is 2. The number of pyridine rings is 1. The summed E-state index contributed by atoms with van der Waals surface area (Å²) in [6, 6.07) is 16.2. The van der Waals surface area contributed by atoms with Gasteiger partial charge in [0.2, 0.25) is 5.88 Å². The molecule has 31 heavy (non-hydrogen) atoms. The summed E-state index contributed by atoms with van der Waals surface area (Å²) >= 11 is 0. The van der Waals surface area contributed by atoms with E-state index in [1.165, 1.54) is 6.20 Å². The number of nitrogens with zero attached hydrogens (tertiary/aromatic N) is 3. The summed E-state index contributed by atoms with van der Waals surface area (Å²) in [6.07, 6.45) is 2.37. The number of primary amides is 1. The van der Waals surface area contributed by atoms with Crippen LogP contribution in [0.5, 0.6) is 5.88 Å². The van der Waals surface area contributed by atoms with E-state index in [0.29, 0.717) is 23.5 Å². The first-order valence-corrected chi connectivity index (χ1v) is 9.48. The van der Waals surface area contributed by atoms with E-state index in [-0.39, 0.29) is 11.8 Å². The molecule has 4 N–H and O–H groups in total. The largest absolute Gasteiger partial charge is 0.411 e. The number of para-hydroxylation sites is 1. The Morgan fingerprint density at radius 2 is 1.97 bits per heavy atom. The van der Waals surface area contributed by atoms with Crippen LogP contribution in [0.1, 0.15) is 15.9 Å². The van der Waals surface area contributed by atoms with Gasteiger partial charge in [0.25, 0.3) is 5.91 Å². The highest BCUT2D eigenvalue weighted by molar-refractivity contribution is 6.08. The van der Waals surface area contributed by atoms with Gasteiger partial charge in [0.05, 0.1) is 17.3 Å². The summed E-state index contributed by atoms with van der Waals surface area (Å²) in [5.74, 6) is -0.125. The monoisotopic (exact) mass is 416 g/mol. The number of anilines is 2. The molecule has 0 atom stereocenters. The minimum Gasteiger partial charge on any atom is -0.391 e. The number of nitrogens with one attached hydrogen (secondary N) is 2. The highest BCUT2D eigenvalue weighted by atomic mass is 16.6. The molecule has 0 radical (unpaired) electrons. The minimum absolute atomic E-state index is 0.114. The van der Waals surface area contributed by atoms with Gasteiger partial charge in [-0.1, -0.05) is 12.1 Å². The molecule has 0 aliphatic carbocycles.